The topological polar surface area (TPSA) is 115 Å². The standard InChI is InChI=1S/C27H22ClN3O5S/c1-2-31-24(18-11-13-21(28)14-12-18)29-30-27(31)37-23(26(34)35)15-20-5-3-4-6-22(20)36-16-17-7-9-19(10-8-17)25(32)33/h3-15H,2,16H2,1H3,(H,32,33)(H,34,35)/b23-15-. The van der Waals surface area contributed by atoms with Gasteiger partial charge in [0, 0.05) is 22.7 Å². The molecule has 4 aromatic rings. The van der Waals surface area contributed by atoms with Gasteiger partial charge >= 0.3 is 11.9 Å². The summed E-state index contributed by atoms with van der Waals surface area (Å²) in [5, 5.41) is 28.5. The Morgan fingerprint density at radius 1 is 1.00 bits per heavy atom. The maximum atomic E-state index is 12.1. The number of carbonyl (C=O) groups is 2. The van der Waals surface area contributed by atoms with Crippen LogP contribution in [0, 0.1) is 0 Å². The Morgan fingerprint density at radius 2 is 1.70 bits per heavy atom. The molecule has 8 nitrogen and oxygen atoms in total. The number of hydrogen-bond donors (Lipinski definition) is 2. The minimum atomic E-state index is -1.11. The fourth-order valence-corrected chi connectivity index (χ4v) is 4.48. The van der Waals surface area contributed by atoms with Crippen molar-refractivity contribution in [3.63, 3.8) is 0 Å². The van der Waals surface area contributed by atoms with Crippen LogP contribution in [-0.2, 0) is 17.9 Å². The molecule has 0 unspecified atom stereocenters. The summed E-state index contributed by atoms with van der Waals surface area (Å²) in [5.74, 6) is -1.00. The van der Waals surface area contributed by atoms with Crippen LogP contribution in [0.25, 0.3) is 17.5 Å². The molecular weight excluding hydrogens is 514 g/mol. The van der Waals surface area contributed by atoms with Gasteiger partial charge in [-0.05, 0) is 72.8 Å². The molecular formula is C27H22ClN3O5S. The highest BCUT2D eigenvalue weighted by molar-refractivity contribution is 8.04. The molecule has 0 radical (unpaired) electrons. The van der Waals surface area contributed by atoms with Gasteiger partial charge in [-0.25, -0.2) is 9.59 Å². The zero-order valence-electron chi connectivity index (χ0n) is 19.7. The van der Waals surface area contributed by atoms with Gasteiger partial charge in [-0.2, -0.15) is 0 Å². The molecule has 0 saturated carbocycles. The molecule has 0 aliphatic heterocycles. The summed E-state index contributed by atoms with van der Waals surface area (Å²) in [6.45, 7) is 2.67. The summed E-state index contributed by atoms with van der Waals surface area (Å²) in [6, 6.07) is 20.7. The average Bonchev–Trinajstić information content (AvgIpc) is 3.30. The highest BCUT2D eigenvalue weighted by Crippen LogP contribution is 2.32. The number of para-hydroxylation sites is 1. The first-order valence-electron chi connectivity index (χ1n) is 11.2. The van der Waals surface area contributed by atoms with Crippen LogP contribution in [-0.4, -0.2) is 36.9 Å². The van der Waals surface area contributed by atoms with E-state index in [0.29, 0.717) is 33.9 Å². The number of carboxylic acids is 2. The van der Waals surface area contributed by atoms with E-state index in [1.54, 1.807) is 48.5 Å². The number of rotatable bonds is 10. The van der Waals surface area contributed by atoms with Crippen LogP contribution in [0.1, 0.15) is 28.4 Å². The highest BCUT2D eigenvalue weighted by atomic mass is 35.5. The van der Waals surface area contributed by atoms with E-state index in [0.717, 1.165) is 22.9 Å². The van der Waals surface area contributed by atoms with E-state index in [1.165, 1.54) is 18.2 Å². The Labute approximate surface area is 222 Å². The molecule has 4 rings (SSSR count). The molecule has 1 heterocycles. The lowest BCUT2D eigenvalue weighted by Crippen LogP contribution is -2.03. The SMILES string of the molecule is CCn1c(S/C(=C\c2ccccc2OCc2ccc(C(=O)O)cc2)C(=O)O)nnc1-c1ccc(Cl)cc1. The number of ether oxygens (including phenoxy) is 1. The largest absolute Gasteiger partial charge is 0.488 e. The van der Waals surface area contributed by atoms with Gasteiger partial charge in [0.05, 0.1) is 5.56 Å². The van der Waals surface area contributed by atoms with Gasteiger partial charge in [0.1, 0.15) is 17.3 Å². The zero-order chi connectivity index (χ0) is 26.4. The zero-order valence-corrected chi connectivity index (χ0v) is 21.2. The van der Waals surface area contributed by atoms with Gasteiger partial charge in [-0.15, -0.1) is 10.2 Å². The van der Waals surface area contributed by atoms with E-state index in [1.807, 2.05) is 23.6 Å². The minimum Gasteiger partial charge on any atom is -0.488 e. The second-order valence-electron chi connectivity index (χ2n) is 7.80. The number of halogens is 1. The Bertz CT molecular complexity index is 1450. The number of carboxylic acid groups (broad SMARTS) is 2. The quantitative estimate of drug-likeness (QED) is 0.184. The van der Waals surface area contributed by atoms with Crippen molar-refractivity contribution in [1.82, 2.24) is 14.8 Å². The van der Waals surface area contributed by atoms with Crippen LogP contribution in [0.5, 0.6) is 5.75 Å². The molecule has 2 N–H and O–H groups in total. The lowest BCUT2D eigenvalue weighted by Gasteiger charge is -2.11. The molecule has 188 valence electrons. The molecule has 0 spiro atoms. The third-order valence-electron chi connectivity index (χ3n) is 5.35. The summed E-state index contributed by atoms with van der Waals surface area (Å²) in [7, 11) is 0. The first-order chi connectivity index (χ1) is 17.9. The lowest BCUT2D eigenvalue weighted by molar-refractivity contribution is -0.131. The molecule has 0 amide bonds. The Balaban J connectivity index is 1.57. The van der Waals surface area contributed by atoms with Crippen molar-refractivity contribution >= 4 is 41.4 Å². The molecule has 0 saturated heterocycles. The smallest absolute Gasteiger partial charge is 0.342 e. The average molecular weight is 536 g/mol. The lowest BCUT2D eigenvalue weighted by atomic mass is 10.1. The van der Waals surface area contributed by atoms with Gasteiger partial charge < -0.3 is 19.5 Å². The van der Waals surface area contributed by atoms with Crippen LogP contribution in [0.15, 0.2) is 82.9 Å². The maximum Gasteiger partial charge on any atom is 0.342 e. The highest BCUT2D eigenvalue weighted by Gasteiger charge is 2.19. The van der Waals surface area contributed by atoms with Crippen molar-refractivity contribution < 1.29 is 24.5 Å². The molecule has 0 fully saturated rings. The number of aliphatic carboxylic acids is 1. The second kappa shape index (κ2) is 11.8. The number of nitrogens with zero attached hydrogens (tertiary/aromatic N) is 3. The Hall–Kier alpha value is -4.08. The third kappa shape index (κ3) is 6.38. The summed E-state index contributed by atoms with van der Waals surface area (Å²) in [6.07, 6.45) is 1.53. The Morgan fingerprint density at radius 3 is 2.35 bits per heavy atom. The van der Waals surface area contributed by atoms with Crippen molar-refractivity contribution in [3.8, 4) is 17.1 Å². The van der Waals surface area contributed by atoms with Crippen molar-refractivity contribution in [3.05, 3.63) is 99.4 Å². The van der Waals surface area contributed by atoms with Gasteiger partial charge in [0.25, 0.3) is 0 Å². The van der Waals surface area contributed by atoms with Crippen LogP contribution in [0.3, 0.4) is 0 Å². The summed E-state index contributed by atoms with van der Waals surface area (Å²) >= 11 is 7.00. The van der Waals surface area contributed by atoms with Gasteiger partial charge in [0.2, 0.25) is 0 Å². The minimum absolute atomic E-state index is 0.0478. The molecule has 0 atom stereocenters. The number of benzene rings is 3. The monoisotopic (exact) mass is 535 g/mol. The van der Waals surface area contributed by atoms with Crippen molar-refractivity contribution in [1.29, 1.82) is 0 Å². The second-order valence-corrected chi connectivity index (χ2v) is 9.25. The summed E-state index contributed by atoms with van der Waals surface area (Å²) < 4.78 is 7.77. The predicted molar refractivity (Wildman–Crippen MR) is 142 cm³/mol. The number of aromatic carboxylic acids is 1. The van der Waals surface area contributed by atoms with Gasteiger partial charge in [-0.1, -0.05) is 41.9 Å². The van der Waals surface area contributed by atoms with Gasteiger partial charge in [-0.3, -0.25) is 0 Å². The fourth-order valence-electron chi connectivity index (χ4n) is 3.47. The summed E-state index contributed by atoms with van der Waals surface area (Å²) in [4.78, 5) is 23.2. The van der Waals surface area contributed by atoms with Crippen molar-refractivity contribution in [2.45, 2.75) is 25.2 Å². The van der Waals surface area contributed by atoms with E-state index in [-0.39, 0.29) is 17.1 Å². The molecule has 0 aliphatic carbocycles. The fraction of sp³-hybridized carbons (Fsp3) is 0.111. The van der Waals surface area contributed by atoms with Gasteiger partial charge in [0.15, 0.2) is 11.0 Å². The van der Waals surface area contributed by atoms with E-state index in [9.17, 15) is 14.7 Å². The first-order valence-corrected chi connectivity index (χ1v) is 12.4. The van der Waals surface area contributed by atoms with Crippen LogP contribution in [0.2, 0.25) is 5.02 Å². The van der Waals surface area contributed by atoms with E-state index in [2.05, 4.69) is 10.2 Å². The predicted octanol–water partition coefficient (Wildman–Crippen LogP) is 6.11. The number of hydrogen-bond acceptors (Lipinski definition) is 6. The molecule has 0 bridgehead atoms. The summed E-state index contributed by atoms with van der Waals surface area (Å²) in [5.41, 5.74) is 2.37. The first kappa shape index (κ1) is 26.0. The maximum absolute atomic E-state index is 12.1. The van der Waals surface area contributed by atoms with Crippen LogP contribution >= 0.6 is 23.4 Å². The molecule has 1 aromatic heterocycles. The molecule has 37 heavy (non-hydrogen) atoms. The Kier molecular flexibility index (Phi) is 8.27. The van der Waals surface area contributed by atoms with E-state index < -0.39 is 11.9 Å². The van der Waals surface area contributed by atoms with Crippen LogP contribution in [0.4, 0.5) is 0 Å². The normalized spacial score (nSPS) is 11.4. The molecule has 10 heteroatoms. The van der Waals surface area contributed by atoms with E-state index in [4.69, 9.17) is 21.4 Å². The molecule has 3 aromatic carbocycles. The third-order valence-corrected chi connectivity index (χ3v) is 6.60. The number of thioether (sulfide) groups is 1. The van der Waals surface area contributed by atoms with Crippen LogP contribution < -0.4 is 4.74 Å². The van der Waals surface area contributed by atoms with Crippen molar-refractivity contribution in [2.24, 2.45) is 0 Å². The van der Waals surface area contributed by atoms with E-state index >= 15 is 0 Å². The number of aromatic nitrogens is 3. The van der Waals surface area contributed by atoms with Crippen molar-refractivity contribution in [2.75, 3.05) is 0 Å². The molecule has 0 aliphatic rings.